The number of hydrogen-bond acceptors (Lipinski definition) is 4. The molecule has 0 aromatic heterocycles. The number of benzene rings is 2. The first-order valence-corrected chi connectivity index (χ1v) is 11.0. The molecule has 2 aromatic rings. The number of carbonyl (C=O) groups excluding carboxylic acids is 2. The third-order valence-corrected chi connectivity index (χ3v) is 6.27. The number of piperidine rings is 1. The molecule has 1 aliphatic rings. The molecule has 29 heavy (non-hydrogen) atoms. The molecule has 154 valence electrons. The number of carbonyl (C=O) groups is 2. The predicted molar refractivity (Wildman–Crippen MR) is 111 cm³/mol. The zero-order valence-corrected chi connectivity index (χ0v) is 17.4. The van der Waals surface area contributed by atoms with Gasteiger partial charge in [-0.2, -0.15) is 0 Å². The lowest BCUT2D eigenvalue weighted by atomic mass is 10.1. The van der Waals surface area contributed by atoms with Gasteiger partial charge in [-0.05, 0) is 61.7 Å². The van der Waals surface area contributed by atoms with Gasteiger partial charge in [-0.15, -0.1) is 0 Å². The van der Waals surface area contributed by atoms with Crippen LogP contribution in [0.3, 0.4) is 0 Å². The summed E-state index contributed by atoms with van der Waals surface area (Å²) in [6, 6.07) is 13.0. The molecule has 2 aromatic carbocycles. The maximum atomic E-state index is 12.9. The van der Waals surface area contributed by atoms with Crippen molar-refractivity contribution in [3.8, 4) is 0 Å². The summed E-state index contributed by atoms with van der Waals surface area (Å²) >= 11 is 0. The molecule has 1 atom stereocenters. The van der Waals surface area contributed by atoms with E-state index in [1.165, 1.54) is 12.1 Å². The Morgan fingerprint density at radius 2 is 1.69 bits per heavy atom. The molecule has 2 N–H and O–H groups in total. The van der Waals surface area contributed by atoms with Crippen LogP contribution in [-0.4, -0.2) is 38.7 Å². The first-order valence-electron chi connectivity index (χ1n) is 9.49. The van der Waals surface area contributed by atoms with E-state index in [0.29, 0.717) is 18.5 Å². The van der Waals surface area contributed by atoms with Crippen molar-refractivity contribution in [3.63, 3.8) is 0 Å². The molecule has 7 nitrogen and oxygen atoms in total. The van der Waals surface area contributed by atoms with Crippen molar-refractivity contribution >= 4 is 27.5 Å². The van der Waals surface area contributed by atoms with Gasteiger partial charge in [0.05, 0.1) is 10.9 Å². The summed E-state index contributed by atoms with van der Waals surface area (Å²) in [5.74, 6) is -0.0476. The van der Waals surface area contributed by atoms with Crippen LogP contribution < -0.4 is 10.0 Å². The maximum absolute atomic E-state index is 12.9. The van der Waals surface area contributed by atoms with Crippen molar-refractivity contribution in [2.24, 2.45) is 5.14 Å². The van der Waals surface area contributed by atoms with Crippen LogP contribution in [0.15, 0.2) is 53.4 Å². The van der Waals surface area contributed by atoms with Gasteiger partial charge >= 0.3 is 0 Å². The SMILES string of the molecule is C[C@@H](c1ccc(S(N)(=O)=O)cc1)N(C)C(=O)c1ccc(N2CCCCC2=O)cc1. The van der Waals surface area contributed by atoms with Gasteiger partial charge in [0.15, 0.2) is 0 Å². The monoisotopic (exact) mass is 415 g/mol. The predicted octanol–water partition coefficient (Wildman–Crippen LogP) is 2.68. The quantitative estimate of drug-likeness (QED) is 0.811. The van der Waals surface area contributed by atoms with E-state index in [2.05, 4.69) is 0 Å². The first kappa shape index (κ1) is 21.0. The van der Waals surface area contributed by atoms with Crippen LogP contribution in [0.2, 0.25) is 0 Å². The third kappa shape index (κ3) is 4.65. The number of anilines is 1. The van der Waals surface area contributed by atoms with Crippen molar-refractivity contribution < 1.29 is 18.0 Å². The standard InChI is InChI=1S/C21H25N3O4S/c1-15(16-8-12-19(13-9-16)29(22,27)28)23(2)21(26)17-6-10-18(11-7-17)24-14-4-3-5-20(24)25/h6-13,15H,3-5,14H2,1-2H3,(H2,22,27,28)/t15-/m0/s1. The normalized spacial score (nSPS) is 15.8. The second-order valence-corrected chi connectivity index (χ2v) is 8.82. The molecule has 2 amide bonds. The molecule has 1 heterocycles. The van der Waals surface area contributed by atoms with Crippen LogP contribution in [-0.2, 0) is 14.8 Å². The molecule has 0 radical (unpaired) electrons. The van der Waals surface area contributed by atoms with E-state index in [-0.39, 0.29) is 22.8 Å². The van der Waals surface area contributed by atoms with Gasteiger partial charge in [-0.3, -0.25) is 9.59 Å². The number of primary sulfonamides is 1. The van der Waals surface area contributed by atoms with Gasteiger partial charge in [-0.1, -0.05) is 12.1 Å². The molecule has 0 bridgehead atoms. The zero-order valence-electron chi connectivity index (χ0n) is 16.5. The summed E-state index contributed by atoms with van der Waals surface area (Å²) in [5.41, 5.74) is 2.12. The van der Waals surface area contributed by atoms with Gasteiger partial charge in [0, 0.05) is 31.3 Å². The molecule has 1 aliphatic heterocycles. The highest BCUT2D eigenvalue weighted by atomic mass is 32.2. The minimum atomic E-state index is -3.75. The lowest BCUT2D eigenvalue weighted by Crippen LogP contribution is -2.35. The molecule has 8 heteroatoms. The van der Waals surface area contributed by atoms with E-state index >= 15 is 0 Å². The summed E-state index contributed by atoms with van der Waals surface area (Å²) < 4.78 is 22.8. The van der Waals surface area contributed by atoms with Crippen molar-refractivity contribution in [3.05, 3.63) is 59.7 Å². The highest BCUT2D eigenvalue weighted by Crippen LogP contribution is 2.24. The molecule has 0 saturated carbocycles. The highest BCUT2D eigenvalue weighted by Gasteiger charge is 2.22. The minimum Gasteiger partial charge on any atom is -0.335 e. The molecule has 0 spiro atoms. The largest absolute Gasteiger partial charge is 0.335 e. The smallest absolute Gasteiger partial charge is 0.254 e. The zero-order chi connectivity index (χ0) is 21.2. The highest BCUT2D eigenvalue weighted by molar-refractivity contribution is 7.89. The fraction of sp³-hybridized carbons (Fsp3) is 0.333. The summed E-state index contributed by atoms with van der Waals surface area (Å²) in [6.07, 6.45) is 2.47. The van der Waals surface area contributed by atoms with Gasteiger partial charge in [0.1, 0.15) is 0 Å². The van der Waals surface area contributed by atoms with Crippen LogP contribution in [0.25, 0.3) is 0 Å². The van der Waals surface area contributed by atoms with E-state index in [4.69, 9.17) is 5.14 Å². The summed E-state index contributed by atoms with van der Waals surface area (Å²) in [6.45, 7) is 2.57. The average molecular weight is 416 g/mol. The Morgan fingerprint density at radius 1 is 1.07 bits per heavy atom. The third-order valence-electron chi connectivity index (χ3n) is 5.34. The number of hydrogen-bond donors (Lipinski definition) is 1. The molecule has 1 fully saturated rings. The van der Waals surface area contributed by atoms with Crippen molar-refractivity contribution in [1.82, 2.24) is 4.90 Å². The van der Waals surface area contributed by atoms with Crippen LogP contribution in [0.5, 0.6) is 0 Å². The van der Waals surface area contributed by atoms with E-state index in [1.54, 1.807) is 53.2 Å². The molecular formula is C21H25N3O4S. The Balaban J connectivity index is 1.73. The molecular weight excluding hydrogens is 390 g/mol. The van der Waals surface area contributed by atoms with Gasteiger partial charge in [-0.25, -0.2) is 13.6 Å². The fourth-order valence-corrected chi connectivity index (χ4v) is 3.92. The van der Waals surface area contributed by atoms with Crippen LogP contribution in [0.1, 0.15) is 48.1 Å². The van der Waals surface area contributed by atoms with E-state index in [0.717, 1.165) is 24.1 Å². The number of sulfonamides is 1. The first-order chi connectivity index (χ1) is 13.7. The topological polar surface area (TPSA) is 101 Å². The Kier molecular flexibility index (Phi) is 6.04. The number of nitrogens with zero attached hydrogens (tertiary/aromatic N) is 2. The summed E-state index contributed by atoms with van der Waals surface area (Å²) in [7, 11) is -2.05. The molecule has 0 unspecified atom stereocenters. The average Bonchev–Trinajstić information content (AvgIpc) is 2.72. The van der Waals surface area contributed by atoms with E-state index in [9.17, 15) is 18.0 Å². The lowest BCUT2D eigenvalue weighted by Gasteiger charge is -2.28. The van der Waals surface area contributed by atoms with Crippen molar-refractivity contribution in [1.29, 1.82) is 0 Å². The number of nitrogens with two attached hydrogens (primary N) is 1. The van der Waals surface area contributed by atoms with Crippen molar-refractivity contribution in [2.75, 3.05) is 18.5 Å². The van der Waals surface area contributed by atoms with Crippen LogP contribution >= 0.6 is 0 Å². The van der Waals surface area contributed by atoms with E-state index in [1.807, 2.05) is 6.92 Å². The van der Waals surface area contributed by atoms with Gasteiger partial charge in [0.2, 0.25) is 15.9 Å². The summed E-state index contributed by atoms with van der Waals surface area (Å²) in [4.78, 5) is 28.3. The Morgan fingerprint density at radius 3 is 2.24 bits per heavy atom. The molecule has 0 aliphatic carbocycles. The lowest BCUT2D eigenvalue weighted by molar-refractivity contribution is -0.119. The number of rotatable bonds is 5. The Bertz CT molecular complexity index is 1000. The van der Waals surface area contributed by atoms with Gasteiger partial charge in [0.25, 0.3) is 5.91 Å². The van der Waals surface area contributed by atoms with Crippen LogP contribution in [0.4, 0.5) is 5.69 Å². The Labute approximate surface area is 171 Å². The van der Waals surface area contributed by atoms with Crippen LogP contribution in [0, 0.1) is 0 Å². The number of amides is 2. The maximum Gasteiger partial charge on any atom is 0.254 e. The van der Waals surface area contributed by atoms with Gasteiger partial charge < -0.3 is 9.80 Å². The molecule has 1 saturated heterocycles. The second kappa shape index (κ2) is 8.34. The molecule has 3 rings (SSSR count). The Hall–Kier alpha value is -2.71. The minimum absolute atomic E-state index is 0.0327. The van der Waals surface area contributed by atoms with E-state index < -0.39 is 10.0 Å². The summed E-state index contributed by atoms with van der Waals surface area (Å²) in [5, 5.41) is 5.12. The fourth-order valence-electron chi connectivity index (χ4n) is 3.40. The van der Waals surface area contributed by atoms with Crippen molar-refractivity contribution in [2.45, 2.75) is 37.1 Å². The second-order valence-electron chi connectivity index (χ2n) is 7.26.